The van der Waals surface area contributed by atoms with E-state index < -0.39 is 0 Å². The van der Waals surface area contributed by atoms with Crippen molar-refractivity contribution in [1.82, 2.24) is 9.78 Å². The quantitative estimate of drug-likeness (QED) is 0.844. The van der Waals surface area contributed by atoms with Crippen molar-refractivity contribution in [2.75, 3.05) is 12.4 Å². The first-order chi connectivity index (χ1) is 8.19. The molecule has 1 heterocycles. The van der Waals surface area contributed by atoms with Crippen LogP contribution in [0.25, 0.3) is 0 Å². The maximum absolute atomic E-state index is 9.62. The van der Waals surface area contributed by atoms with Gasteiger partial charge in [0.2, 0.25) is 0 Å². The number of anilines is 1. The predicted octanol–water partition coefficient (Wildman–Crippen LogP) is 1.75. The van der Waals surface area contributed by atoms with E-state index in [4.69, 9.17) is 4.74 Å². The summed E-state index contributed by atoms with van der Waals surface area (Å²) < 4.78 is 6.71. The third kappa shape index (κ3) is 2.69. The molecular weight excluding hydrogens is 218 g/mol. The Hall–Kier alpha value is -2.17. The molecule has 2 rings (SSSR count). The van der Waals surface area contributed by atoms with Crippen molar-refractivity contribution in [2.45, 2.75) is 6.54 Å². The van der Waals surface area contributed by atoms with E-state index >= 15 is 0 Å². The molecule has 0 saturated heterocycles. The number of benzene rings is 1. The van der Waals surface area contributed by atoms with Crippen molar-refractivity contribution in [1.29, 1.82) is 0 Å². The summed E-state index contributed by atoms with van der Waals surface area (Å²) in [6.07, 6.45) is 1.87. The van der Waals surface area contributed by atoms with E-state index in [0.29, 0.717) is 12.3 Å². The Morgan fingerprint density at radius 1 is 1.41 bits per heavy atom. The fraction of sp³-hybridized carbons (Fsp3) is 0.250. The number of hydrogen-bond donors (Lipinski definition) is 2. The number of hydrogen-bond acceptors (Lipinski definition) is 4. The van der Waals surface area contributed by atoms with Crippen molar-refractivity contribution in [3.8, 4) is 11.5 Å². The van der Waals surface area contributed by atoms with E-state index in [9.17, 15) is 5.11 Å². The summed E-state index contributed by atoms with van der Waals surface area (Å²) in [5, 5.41) is 17.0. The number of phenolic OH excluding ortho intramolecular Hbond substituents is 1. The van der Waals surface area contributed by atoms with Gasteiger partial charge in [0, 0.05) is 25.9 Å². The van der Waals surface area contributed by atoms with E-state index in [-0.39, 0.29) is 5.75 Å². The Labute approximate surface area is 99.6 Å². The Bertz CT molecular complexity index is 508. The first kappa shape index (κ1) is 11.3. The van der Waals surface area contributed by atoms with Gasteiger partial charge in [-0.05, 0) is 17.7 Å². The molecule has 0 aliphatic rings. The van der Waals surface area contributed by atoms with Crippen LogP contribution in [-0.2, 0) is 13.6 Å². The molecule has 0 unspecified atom stereocenters. The molecule has 0 atom stereocenters. The normalized spacial score (nSPS) is 10.2. The standard InChI is InChI=1S/C12H15N3O2/c1-15-6-5-12(14-15)13-8-9-3-4-11(17-2)10(16)7-9/h3-7,16H,8H2,1-2H3,(H,13,14). The molecule has 0 aliphatic heterocycles. The van der Waals surface area contributed by atoms with Crippen molar-refractivity contribution in [3.63, 3.8) is 0 Å². The fourth-order valence-corrected chi connectivity index (χ4v) is 1.55. The highest BCUT2D eigenvalue weighted by Gasteiger charge is 2.02. The number of aromatic hydroxyl groups is 1. The molecular formula is C12H15N3O2. The zero-order valence-corrected chi connectivity index (χ0v) is 9.84. The summed E-state index contributed by atoms with van der Waals surface area (Å²) in [6.45, 7) is 0.606. The molecule has 5 nitrogen and oxygen atoms in total. The van der Waals surface area contributed by atoms with Gasteiger partial charge in [0.05, 0.1) is 7.11 Å². The highest BCUT2D eigenvalue weighted by molar-refractivity contribution is 5.43. The van der Waals surface area contributed by atoms with Crippen LogP contribution >= 0.6 is 0 Å². The number of ether oxygens (including phenoxy) is 1. The van der Waals surface area contributed by atoms with Gasteiger partial charge in [-0.1, -0.05) is 6.07 Å². The average Bonchev–Trinajstić information content (AvgIpc) is 2.73. The van der Waals surface area contributed by atoms with Gasteiger partial charge in [-0.25, -0.2) is 0 Å². The summed E-state index contributed by atoms with van der Waals surface area (Å²) in [4.78, 5) is 0. The summed E-state index contributed by atoms with van der Waals surface area (Å²) >= 11 is 0. The van der Waals surface area contributed by atoms with E-state index in [0.717, 1.165) is 11.4 Å². The molecule has 1 aromatic heterocycles. The highest BCUT2D eigenvalue weighted by Crippen LogP contribution is 2.26. The Balaban J connectivity index is 2.02. The first-order valence-corrected chi connectivity index (χ1v) is 5.28. The molecule has 0 saturated carbocycles. The van der Waals surface area contributed by atoms with Gasteiger partial charge in [0.1, 0.15) is 5.82 Å². The number of aromatic nitrogens is 2. The van der Waals surface area contributed by atoms with Gasteiger partial charge >= 0.3 is 0 Å². The second-order valence-electron chi connectivity index (χ2n) is 3.73. The average molecular weight is 233 g/mol. The Kier molecular flexibility index (Phi) is 3.18. The summed E-state index contributed by atoms with van der Waals surface area (Å²) in [7, 11) is 3.39. The molecule has 17 heavy (non-hydrogen) atoms. The maximum Gasteiger partial charge on any atom is 0.160 e. The van der Waals surface area contributed by atoms with Crippen LogP contribution in [0.1, 0.15) is 5.56 Å². The van der Waals surface area contributed by atoms with Crippen LogP contribution in [0.15, 0.2) is 30.5 Å². The van der Waals surface area contributed by atoms with Crippen LogP contribution in [0.5, 0.6) is 11.5 Å². The van der Waals surface area contributed by atoms with Crippen LogP contribution in [0.4, 0.5) is 5.82 Å². The topological polar surface area (TPSA) is 59.3 Å². The lowest BCUT2D eigenvalue weighted by Gasteiger charge is -2.07. The first-order valence-electron chi connectivity index (χ1n) is 5.28. The van der Waals surface area contributed by atoms with Gasteiger partial charge in [-0.3, -0.25) is 4.68 Å². The van der Waals surface area contributed by atoms with E-state index in [1.807, 2.05) is 25.4 Å². The minimum Gasteiger partial charge on any atom is -0.504 e. The van der Waals surface area contributed by atoms with Gasteiger partial charge in [-0.2, -0.15) is 5.10 Å². The van der Waals surface area contributed by atoms with Crippen LogP contribution in [0.3, 0.4) is 0 Å². The second kappa shape index (κ2) is 4.78. The summed E-state index contributed by atoms with van der Waals surface area (Å²) in [6, 6.07) is 7.21. The number of nitrogens with zero attached hydrogens (tertiary/aromatic N) is 2. The number of nitrogens with one attached hydrogen (secondary N) is 1. The molecule has 2 N–H and O–H groups in total. The third-order valence-electron chi connectivity index (χ3n) is 2.43. The smallest absolute Gasteiger partial charge is 0.160 e. The molecule has 1 aromatic carbocycles. The molecule has 0 bridgehead atoms. The van der Waals surface area contributed by atoms with Crippen molar-refractivity contribution < 1.29 is 9.84 Å². The molecule has 0 fully saturated rings. The molecule has 5 heteroatoms. The van der Waals surface area contributed by atoms with Crippen LogP contribution < -0.4 is 10.1 Å². The Morgan fingerprint density at radius 2 is 2.24 bits per heavy atom. The van der Waals surface area contributed by atoms with E-state index in [2.05, 4.69) is 10.4 Å². The monoisotopic (exact) mass is 233 g/mol. The van der Waals surface area contributed by atoms with Crippen molar-refractivity contribution in [3.05, 3.63) is 36.0 Å². The van der Waals surface area contributed by atoms with Crippen molar-refractivity contribution in [2.24, 2.45) is 7.05 Å². The number of aryl methyl sites for hydroxylation is 1. The van der Waals surface area contributed by atoms with Gasteiger partial charge < -0.3 is 15.2 Å². The molecule has 0 radical (unpaired) electrons. The van der Waals surface area contributed by atoms with Gasteiger partial charge in [0.25, 0.3) is 0 Å². The minimum atomic E-state index is 0.146. The zero-order chi connectivity index (χ0) is 12.3. The zero-order valence-electron chi connectivity index (χ0n) is 9.84. The molecule has 90 valence electrons. The summed E-state index contributed by atoms with van der Waals surface area (Å²) in [5.41, 5.74) is 0.967. The van der Waals surface area contributed by atoms with Crippen LogP contribution in [0.2, 0.25) is 0 Å². The second-order valence-corrected chi connectivity index (χ2v) is 3.73. The fourth-order valence-electron chi connectivity index (χ4n) is 1.55. The number of phenols is 1. The van der Waals surface area contributed by atoms with E-state index in [1.54, 1.807) is 16.8 Å². The SMILES string of the molecule is COc1ccc(CNc2ccn(C)n2)cc1O. The molecule has 0 amide bonds. The van der Waals surface area contributed by atoms with Crippen LogP contribution in [0, 0.1) is 0 Å². The summed E-state index contributed by atoms with van der Waals surface area (Å²) in [5.74, 6) is 1.43. The van der Waals surface area contributed by atoms with Gasteiger partial charge in [0.15, 0.2) is 11.5 Å². The minimum absolute atomic E-state index is 0.146. The molecule has 2 aromatic rings. The maximum atomic E-state index is 9.62. The van der Waals surface area contributed by atoms with E-state index in [1.165, 1.54) is 7.11 Å². The van der Waals surface area contributed by atoms with Crippen molar-refractivity contribution >= 4 is 5.82 Å². The lowest BCUT2D eigenvalue weighted by Crippen LogP contribution is -2.00. The van der Waals surface area contributed by atoms with Gasteiger partial charge in [-0.15, -0.1) is 0 Å². The third-order valence-corrected chi connectivity index (χ3v) is 2.43. The Morgan fingerprint density at radius 3 is 2.82 bits per heavy atom. The molecule has 0 aliphatic carbocycles. The predicted molar refractivity (Wildman–Crippen MR) is 65.2 cm³/mol. The lowest BCUT2D eigenvalue weighted by atomic mass is 10.2. The highest BCUT2D eigenvalue weighted by atomic mass is 16.5. The van der Waals surface area contributed by atoms with Crippen LogP contribution in [-0.4, -0.2) is 22.0 Å². The largest absolute Gasteiger partial charge is 0.504 e. The number of rotatable bonds is 4. The number of methoxy groups -OCH3 is 1. The molecule has 0 spiro atoms. The lowest BCUT2D eigenvalue weighted by molar-refractivity contribution is 0.373.